The van der Waals surface area contributed by atoms with Crippen LogP contribution in [0.15, 0.2) is 29.3 Å². The molecule has 0 saturated carbocycles. The van der Waals surface area contributed by atoms with E-state index in [-0.39, 0.29) is 5.91 Å². The molecule has 0 unspecified atom stereocenters. The monoisotopic (exact) mass is 290 g/mol. The van der Waals surface area contributed by atoms with Crippen LogP contribution in [0.2, 0.25) is 0 Å². The molecule has 0 fully saturated rings. The molecule has 1 aromatic rings. The molecule has 0 heterocycles. The first-order valence-electron chi connectivity index (χ1n) is 7.18. The number of carbonyl (C=O) groups is 1. The molecule has 3 N–H and O–H groups in total. The molecule has 0 radical (unpaired) electrons. The van der Waals surface area contributed by atoms with E-state index in [0.717, 1.165) is 17.2 Å². The van der Waals surface area contributed by atoms with Gasteiger partial charge < -0.3 is 16.0 Å². The standard InChI is InChI=1S/C16H26N4O/c1-11(2)10-15(17)16(21)19-14-8-6-13(7-9-14)18-12(3)20(4)5/h6-9,11,15H,10,17H2,1-5H3,(H,19,21)/b18-12+/t15-/m0/s1. The van der Waals surface area contributed by atoms with Crippen LogP contribution in [-0.4, -0.2) is 36.8 Å². The van der Waals surface area contributed by atoms with Crippen molar-refractivity contribution in [1.29, 1.82) is 0 Å². The van der Waals surface area contributed by atoms with Crippen molar-refractivity contribution in [2.75, 3.05) is 19.4 Å². The molecule has 5 nitrogen and oxygen atoms in total. The molecule has 21 heavy (non-hydrogen) atoms. The highest BCUT2D eigenvalue weighted by Gasteiger charge is 2.14. The van der Waals surface area contributed by atoms with E-state index in [9.17, 15) is 4.79 Å². The number of anilines is 1. The van der Waals surface area contributed by atoms with Gasteiger partial charge in [-0.2, -0.15) is 0 Å². The molecule has 0 aliphatic heterocycles. The number of aliphatic imine (C=N–C) groups is 1. The highest BCUT2D eigenvalue weighted by molar-refractivity contribution is 5.94. The maximum absolute atomic E-state index is 11.9. The van der Waals surface area contributed by atoms with Gasteiger partial charge in [0.2, 0.25) is 5.91 Å². The Morgan fingerprint density at radius 3 is 2.33 bits per heavy atom. The fourth-order valence-electron chi connectivity index (χ4n) is 1.76. The molecule has 116 valence electrons. The van der Waals surface area contributed by atoms with E-state index < -0.39 is 6.04 Å². The fourth-order valence-corrected chi connectivity index (χ4v) is 1.76. The lowest BCUT2D eigenvalue weighted by Gasteiger charge is -2.14. The zero-order valence-electron chi connectivity index (χ0n) is 13.6. The summed E-state index contributed by atoms with van der Waals surface area (Å²) in [5.41, 5.74) is 7.44. The second kappa shape index (κ2) is 7.78. The van der Waals surface area contributed by atoms with E-state index in [1.165, 1.54) is 0 Å². The summed E-state index contributed by atoms with van der Waals surface area (Å²) in [5, 5.41) is 2.83. The van der Waals surface area contributed by atoms with Gasteiger partial charge in [0.05, 0.1) is 11.7 Å². The van der Waals surface area contributed by atoms with Crippen LogP contribution in [0.5, 0.6) is 0 Å². The van der Waals surface area contributed by atoms with E-state index in [2.05, 4.69) is 10.3 Å². The molecule has 1 rings (SSSR count). The number of carbonyl (C=O) groups excluding carboxylic acids is 1. The third-order valence-electron chi connectivity index (χ3n) is 3.14. The normalized spacial score (nSPS) is 13.2. The lowest BCUT2D eigenvalue weighted by molar-refractivity contribution is -0.117. The average molecular weight is 290 g/mol. The summed E-state index contributed by atoms with van der Waals surface area (Å²) >= 11 is 0. The number of hydrogen-bond donors (Lipinski definition) is 2. The van der Waals surface area contributed by atoms with Crippen LogP contribution in [0.25, 0.3) is 0 Å². The molecular formula is C16H26N4O. The molecular weight excluding hydrogens is 264 g/mol. The molecule has 0 bridgehead atoms. The van der Waals surface area contributed by atoms with Crippen LogP contribution in [0.1, 0.15) is 27.2 Å². The van der Waals surface area contributed by atoms with Crippen LogP contribution >= 0.6 is 0 Å². The Labute approximate surface area is 127 Å². The number of rotatable bonds is 5. The average Bonchev–Trinajstić information content (AvgIpc) is 2.39. The summed E-state index contributed by atoms with van der Waals surface area (Å²) in [6.45, 7) is 6.04. The van der Waals surface area contributed by atoms with Crippen molar-refractivity contribution < 1.29 is 4.79 Å². The van der Waals surface area contributed by atoms with Crippen LogP contribution in [-0.2, 0) is 4.79 Å². The van der Waals surface area contributed by atoms with Crippen molar-refractivity contribution in [2.45, 2.75) is 33.2 Å². The van der Waals surface area contributed by atoms with E-state index in [4.69, 9.17) is 5.73 Å². The smallest absolute Gasteiger partial charge is 0.241 e. The first kappa shape index (κ1) is 17.2. The van der Waals surface area contributed by atoms with Crippen LogP contribution in [0.3, 0.4) is 0 Å². The lowest BCUT2D eigenvalue weighted by Crippen LogP contribution is -2.36. The largest absolute Gasteiger partial charge is 0.366 e. The van der Waals surface area contributed by atoms with Crippen molar-refractivity contribution in [2.24, 2.45) is 16.6 Å². The maximum atomic E-state index is 11.9. The third kappa shape index (κ3) is 5.95. The zero-order valence-corrected chi connectivity index (χ0v) is 13.6. The van der Waals surface area contributed by atoms with Crippen molar-refractivity contribution in [3.63, 3.8) is 0 Å². The van der Waals surface area contributed by atoms with Crippen LogP contribution in [0.4, 0.5) is 11.4 Å². The van der Waals surface area contributed by atoms with Crippen molar-refractivity contribution >= 4 is 23.1 Å². The molecule has 0 aromatic heterocycles. The van der Waals surface area contributed by atoms with Crippen molar-refractivity contribution in [1.82, 2.24) is 4.90 Å². The molecule has 0 saturated heterocycles. The van der Waals surface area contributed by atoms with Gasteiger partial charge in [0.25, 0.3) is 0 Å². The second-order valence-electron chi connectivity index (χ2n) is 5.83. The summed E-state index contributed by atoms with van der Waals surface area (Å²) in [6, 6.07) is 6.94. The van der Waals surface area contributed by atoms with Crippen molar-refractivity contribution in [3.8, 4) is 0 Å². The van der Waals surface area contributed by atoms with Gasteiger partial charge in [-0.3, -0.25) is 4.79 Å². The minimum Gasteiger partial charge on any atom is -0.366 e. The molecule has 0 spiro atoms. The predicted octanol–water partition coefficient (Wildman–Crippen LogP) is 2.61. The first-order valence-corrected chi connectivity index (χ1v) is 7.18. The van der Waals surface area contributed by atoms with Gasteiger partial charge in [0.15, 0.2) is 0 Å². The topological polar surface area (TPSA) is 70.7 Å². The number of benzene rings is 1. The quantitative estimate of drug-likeness (QED) is 0.647. The Kier molecular flexibility index (Phi) is 6.37. The summed E-state index contributed by atoms with van der Waals surface area (Å²) in [5.74, 6) is 1.17. The molecule has 1 amide bonds. The van der Waals surface area contributed by atoms with Gasteiger partial charge in [-0.05, 0) is 43.5 Å². The number of nitrogens with two attached hydrogens (primary N) is 1. The van der Waals surface area contributed by atoms with Gasteiger partial charge in [0.1, 0.15) is 5.84 Å². The first-order chi connectivity index (χ1) is 9.79. The van der Waals surface area contributed by atoms with E-state index in [0.29, 0.717) is 12.3 Å². The van der Waals surface area contributed by atoms with Gasteiger partial charge in [-0.25, -0.2) is 4.99 Å². The summed E-state index contributed by atoms with van der Waals surface area (Å²) in [7, 11) is 3.90. The molecule has 0 aliphatic carbocycles. The van der Waals surface area contributed by atoms with Gasteiger partial charge >= 0.3 is 0 Å². The summed E-state index contributed by atoms with van der Waals surface area (Å²) in [4.78, 5) is 18.3. The van der Waals surface area contributed by atoms with E-state index >= 15 is 0 Å². The molecule has 1 atom stereocenters. The predicted molar refractivity (Wildman–Crippen MR) is 89.0 cm³/mol. The molecule has 5 heteroatoms. The second-order valence-corrected chi connectivity index (χ2v) is 5.83. The van der Waals surface area contributed by atoms with Gasteiger partial charge in [0, 0.05) is 19.8 Å². The molecule has 0 aliphatic rings. The lowest BCUT2D eigenvalue weighted by atomic mass is 10.0. The Morgan fingerprint density at radius 1 is 1.29 bits per heavy atom. The number of amides is 1. The maximum Gasteiger partial charge on any atom is 0.241 e. The highest BCUT2D eigenvalue weighted by Crippen LogP contribution is 2.17. The Hall–Kier alpha value is -1.88. The van der Waals surface area contributed by atoms with Gasteiger partial charge in [-0.15, -0.1) is 0 Å². The Balaban J connectivity index is 2.67. The number of amidine groups is 1. The Bertz CT molecular complexity index is 492. The van der Waals surface area contributed by atoms with Gasteiger partial charge in [-0.1, -0.05) is 13.8 Å². The summed E-state index contributed by atoms with van der Waals surface area (Å²) in [6.07, 6.45) is 0.677. The number of hydrogen-bond acceptors (Lipinski definition) is 3. The SMILES string of the molecule is C/C(=N\c1ccc(NC(=O)[C@@H](N)CC(C)C)cc1)N(C)C. The molecule has 1 aromatic carbocycles. The minimum absolute atomic E-state index is 0.149. The van der Waals surface area contributed by atoms with Crippen LogP contribution < -0.4 is 11.1 Å². The van der Waals surface area contributed by atoms with Crippen LogP contribution in [0, 0.1) is 5.92 Å². The third-order valence-corrected chi connectivity index (χ3v) is 3.14. The number of nitrogens with zero attached hydrogens (tertiary/aromatic N) is 2. The number of nitrogens with one attached hydrogen (secondary N) is 1. The fraction of sp³-hybridized carbons (Fsp3) is 0.500. The van der Waals surface area contributed by atoms with E-state index in [1.54, 1.807) is 0 Å². The zero-order chi connectivity index (χ0) is 16.0. The minimum atomic E-state index is -0.473. The Morgan fingerprint density at radius 2 is 1.86 bits per heavy atom. The van der Waals surface area contributed by atoms with E-state index in [1.807, 2.05) is 64.0 Å². The summed E-state index contributed by atoms with van der Waals surface area (Å²) < 4.78 is 0. The van der Waals surface area contributed by atoms with Crippen molar-refractivity contribution in [3.05, 3.63) is 24.3 Å². The highest BCUT2D eigenvalue weighted by atomic mass is 16.2.